The maximum Gasteiger partial charge on any atom is 0.193 e. The number of benzene rings is 1. The summed E-state index contributed by atoms with van der Waals surface area (Å²) in [6.45, 7) is 15.4. The van der Waals surface area contributed by atoms with Crippen LogP contribution in [0.1, 0.15) is 52.9 Å². The van der Waals surface area contributed by atoms with E-state index < -0.39 is 25.8 Å². The van der Waals surface area contributed by atoms with Crippen molar-refractivity contribution in [2.24, 2.45) is 0 Å². The quantitative estimate of drug-likeness (QED) is 0.364. The molecule has 0 spiro atoms. The summed E-state index contributed by atoms with van der Waals surface area (Å²) in [6, 6.07) is 9.90. The van der Waals surface area contributed by atoms with Gasteiger partial charge in [0.25, 0.3) is 0 Å². The van der Waals surface area contributed by atoms with E-state index in [0.717, 1.165) is 11.8 Å². The Kier molecular flexibility index (Phi) is 6.48. The monoisotopic (exact) mass is 432 g/mol. The summed E-state index contributed by atoms with van der Waals surface area (Å²) >= 11 is 0. The predicted molar refractivity (Wildman–Crippen MR) is 120 cm³/mol. The fourth-order valence-electron chi connectivity index (χ4n) is 3.74. The van der Waals surface area contributed by atoms with E-state index in [-0.39, 0.29) is 23.7 Å². The summed E-state index contributed by atoms with van der Waals surface area (Å²) in [7, 11) is -2.09. The van der Waals surface area contributed by atoms with Crippen molar-refractivity contribution in [3.8, 4) is 0 Å². The van der Waals surface area contributed by atoms with Gasteiger partial charge in [-0.25, -0.2) is 0 Å². The molecular weight excluding hydrogens is 396 g/mol. The van der Waals surface area contributed by atoms with Crippen LogP contribution in [-0.4, -0.2) is 44.6 Å². The highest BCUT2D eigenvalue weighted by molar-refractivity contribution is 6.74. The van der Waals surface area contributed by atoms with Gasteiger partial charge >= 0.3 is 0 Å². The maximum absolute atomic E-state index is 11.6. The normalized spacial score (nSPS) is 34.8. The van der Waals surface area contributed by atoms with Gasteiger partial charge < -0.3 is 23.4 Å². The number of rotatable bonds is 5. The van der Waals surface area contributed by atoms with Crippen molar-refractivity contribution in [3.05, 3.63) is 48.0 Å². The van der Waals surface area contributed by atoms with Crippen LogP contribution in [0.4, 0.5) is 0 Å². The van der Waals surface area contributed by atoms with Crippen LogP contribution in [0.5, 0.6) is 0 Å². The molecule has 1 aromatic rings. The standard InChI is InChI=1S/C24H36O5Si/c1-22(2,3)30(6,7)28-20-14-13-19-24(5,29-23(20,4)15-16-25)17-26-21(27-19)18-11-9-8-10-12-18/h8-14,16,19-21H,15,17H2,1-7H3/t19-,20+,21+,23-,24+/m0/s1. The zero-order valence-corrected chi connectivity index (χ0v) is 20.3. The molecule has 0 unspecified atom stereocenters. The van der Waals surface area contributed by atoms with Crippen LogP contribution in [-0.2, 0) is 23.4 Å². The van der Waals surface area contributed by atoms with Crippen molar-refractivity contribution >= 4 is 14.6 Å². The molecule has 0 bridgehead atoms. The van der Waals surface area contributed by atoms with Gasteiger partial charge in [-0.1, -0.05) is 63.3 Å². The first-order valence-electron chi connectivity index (χ1n) is 10.7. The molecule has 0 aromatic heterocycles. The third-order valence-electron chi connectivity index (χ3n) is 6.71. The summed E-state index contributed by atoms with van der Waals surface area (Å²) in [5.41, 5.74) is -0.545. The number of fused-ring (bicyclic) bond motifs is 1. The van der Waals surface area contributed by atoms with E-state index in [0.29, 0.717) is 6.61 Å². The predicted octanol–water partition coefficient (Wildman–Crippen LogP) is 5.18. The fraction of sp³-hybridized carbons (Fsp3) is 0.625. The number of hydrogen-bond acceptors (Lipinski definition) is 5. The smallest absolute Gasteiger partial charge is 0.193 e. The number of hydrogen-bond donors (Lipinski definition) is 0. The fourth-order valence-corrected chi connectivity index (χ4v) is 5.05. The van der Waals surface area contributed by atoms with Gasteiger partial charge in [-0.2, -0.15) is 0 Å². The Bertz CT molecular complexity index is 772. The van der Waals surface area contributed by atoms with E-state index in [1.54, 1.807) is 0 Å². The van der Waals surface area contributed by atoms with Crippen molar-refractivity contribution < 1.29 is 23.4 Å². The minimum atomic E-state index is -2.09. The second kappa shape index (κ2) is 8.32. The van der Waals surface area contributed by atoms with Gasteiger partial charge in [0, 0.05) is 12.0 Å². The van der Waals surface area contributed by atoms with Crippen molar-refractivity contribution in [2.45, 2.75) is 88.9 Å². The average Bonchev–Trinajstić information content (AvgIpc) is 2.75. The van der Waals surface area contributed by atoms with Crippen LogP contribution < -0.4 is 0 Å². The van der Waals surface area contributed by atoms with Gasteiger partial charge in [0.1, 0.15) is 23.6 Å². The molecule has 166 valence electrons. The van der Waals surface area contributed by atoms with Crippen LogP contribution in [0.25, 0.3) is 0 Å². The average molecular weight is 433 g/mol. The molecule has 5 atom stereocenters. The summed E-state index contributed by atoms with van der Waals surface area (Å²) in [5, 5.41) is 0.0455. The van der Waals surface area contributed by atoms with Crippen LogP contribution >= 0.6 is 0 Å². The Morgan fingerprint density at radius 1 is 1.17 bits per heavy atom. The number of carbonyl (C=O) groups is 1. The number of aldehydes is 1. The molecule has 2 aliphatic heterocycles. The van der Waals surface area contributed by atoms with Crippen molar-refractivity contribution in [2.75, 3.05) is 6.61 Å². The molecule has 1 fully saturated rings. The number of carbonyl (C=O) groups excluding carboxylic acids is 1. The van der Waals surface area contributed by atoms with Crippen LogP contribution in [0.2, 0.25) is 18.1 Å². The van der Waals surface area contributed by atoms with Crippen LogP contribution in [0, 0.1) is 0 Å². The molecule has 30 heavy (non-hydrogen) atoms. The number of ether oxygens (including phenoxy) is 3. The van der Waals surface area contributed by atoms with Crippen molar-refractivity contribution in [1.82, 2.24) is 0 Å². The maximum atomic E-state index is 11.6. The van der Waals surface area contributed by atoms with Gasteiger partial charge in [-0.3, -0.25) is 0 Å². The topological polar surface area (TPSA) is 54.0 Å². The Morgan fingerprint density at radius 3 is 2.43 bits per heavy atom. The SMILES string of the molecule is CC(C)(C)[Si](C)(C)O[C@@H]1C=C[C@@H]2O[C@H](c3ccccc3)OC[C@@]2(C)O[C@@]1(C)CC=O. The van der Waals surface area contributed by atoms with Crippen LogP contribution in [0.3, 0.4) is 0 Å². The lowest BCUT2D eigenvalue weighted by Crippen LogP contribution is -2.58. The van der Waals surface area contributed by atoms with Gasteiger partial charge in [-0.15, -0.1) is 0 Å². The zero-order valence-electron chi connectivity index (χ0n) is 19.3. The minimum absolute atomic E-state index is 0.0455. The van der Waals surface area contributed by atoms with E-state index in [2.05, 4.69) is 33.9 Å². The molecule has 6 heteroatoms. The minimum Gasteiger partial charge on any atom is -0.408 e. The molecule has 0 saturated carbocycles. The Labute approximate surface area is 181 Å². The Hall–Kier alpha value is -1.31. The molecular formula is C24H36O5Si. The lowest BCUT2D eigenvalue weighted by molar-refractivity contribution is -0.311. The summed E-state index contributed by atoms with van der Waals surface area (Å²) in [5.74, 6) is 0. The lowest BCUT2D eigenvalue weighted by Gasteiger charge is -2.48. The molecule has 0 N–H and O–H groups in total. The Morgan fingerprint density at radius 2 is 1.83 bits per heavy atom. The zero-order chi connectivity index (χ0) is 22.2. The highest BCUT2D eigenvalue weighted by Crippen LogP contribution is 2.44. The first-order chi connectivity index (χ1) is 13.9. The lowest BCUT2D eigenvalue weighted by atomic mass is 9.94. The first kappa shape index (κ1) is 23.4. The Balaban J connectivity index is 1.90. The van der Waals surface area contributed by atoms with E-state index >= 15 is 0 Å². The third kappa shape index (κ3) is 4.63. The molecule has 2 heterocycles. The van der Waals surface area contributed by atoms with Gasteiger partial charge in [0.15, 0.2) is 14.6 Å². The van der Waals surface area contributed by atoms with E-state index in [1.807, 2.05) is 56.3 Å². The molecule has 1 saturated heterocycles. The molecule has 1 aromatic carbocycles. The van der Waals surface area contributed by atoms with E-state index in [1.165, 1.54) is 0 Å². The molecule has 2 aliphatic rings. The van der Waals surface area contributed by atoms with Crippen molar-refractivity contribution in [3.63, 3.8) is 0 Å². The summed E-state index contributed by atoms with van der Waals surface area (Å²) in [4.78, 5) is 11.6. The first-order valence-corrected chi connectivity index (χ1v) is 13.6. The molecule has 3 rings (SSSR count). The molecule has 0 radical (unpaired) electrons. The van der Waals surface area contributed by atoms with Gasteiger partial charge in [0.2, 0.25) is 0 Å². The largest absolute Gasteiger partial charge is 0.408 e. The summed E-state index contributed by atoms with van der Waals surface area (Å²) < 4.78 is 25.7. The van der Waals surface area contributed by atoms with E-state index in [9.17, 15) is 4.79 Å². The van der Waals surface area contributed by atoms with Gasteiger partial charge in [0.05, 0.1) is 12.7 Å². The highest BCUT2D eigenvalue weighted by atomic mass is 28.4. The van der Waals surface area contributed by atoms with E-state index in [4.69, 9.17) is 18.6 Å². The highest BCUT2D eigenvalue weighted by Gasteiger charge is 2.52. The third-order valence-corrected chi connectivity index (χ3v) is 11.2. The van der Waals surface area contributed by atoms with Gasteiger partial charge in [-0.05, 0) is 32.0 Å². The second-order valence-corrected chi connectivity index (χ2v) is 15.1. The molecule has 0 aliphatic carbocycles. The van der Waals surface area contributed by atoms with Crippen LogP contribution in [0.15, 0.2) is 42.5 Å². The second-order valence-electron chi connectivity index (χ2n) is 10.4. The molecule has 0 amide bonds. The van der Waals surface area contributed by atoms with Crippen molar-refractivity contribution in [1.29, 1.82) is 0 Å². The summed E-state index contributed by atoms with van der Waals surface area (Å²) in [6.07, 6.45) is 4.12. The molecule has 5 nitrogen and oxygen atoms in total.